The molecule has 1 nitrogen and oxygen atoms in total. The molecule has 1 heteroatoms. The monoisotopic (exact) mass is 522 g/mol. The van der Waals surface area contributed by atoms with E-state index >= 15 is 0 Å². The molecule has 0 N–H and O–H groups in total. The van der Waals surface area contributed by atoms with Gasteiger partial charge < -0.3 is 4.90 Å². The van der Waals surface area contributed by atoms with Gasteiger partial charge in [0.15, 0.2) is 0 Å². The van der Waals surface area contributed by atoms with Gasteiger partial charge in [0.05, 0.1) is 0 Å². The average molecular weight is 522 g/mol. The van der Waals surface area contributed by atoms with Crippen LogP contribution in [0.2, 0.25) is 0 Å². The molecule has 0 fully saturated rings. The smallest absolute Gasteiger partial charge is 0.00187 e. The Labute approximate surface area is 237 Å². The molecule has 0 aromatic heterocycles. The van der Waals surface area contributed by atoms with Crippen molar-refractivity contribution in [2.24, 2.45) is 11.8 Å². The van der Waals surface area contributed by atoms with Gasteiger partial charge in [0, 0.05) is 0 Å². The van der Waals surface area contributed by atoms with Crippen LogP contribution in [0.25, 0.3) is 0 Å². The van der Waals surface area contributed by atoms with E-state index < -0.39 is 0 Å². The Balaban J connectivity index is 3.88. The molecule has 0 amide bonds. The average Bonchev–Trinajstić information content (AvgIpc) is 2.86. The predicted octanol–water partition coefficient (Wildman–Crippen LogP) is 12.8. The fourth-order valence-corrected chi connectivity index (χ4v) is 5.70. The summed E-state index contributed by atoms with van der Waals surface area (Å²) in [6.45, 7) is 15.8. The fraction of sp³-hybridized carbons (Fsp3) is 1.00. The second kappa shape index (κ2) is 30.5. The van der Waals surface area contributed by atoms with Gasteiger partial charge in [-0.05, 0) is 50.7 Å². The first-order chi connectivity index (χ1) is 18.1. The normalized spacial score (nSPS) is 12.0. The van der Waals surface area contributed by atoms with Crippen molar-refractivity contribution < 1.29 is 0 Å². The number of hydrogen-bond donors (Lipinski definition) is 0. The molecule has 0 radical (unpaired) electrons. The van der Waals surface area contributed by atoms with Gasteiger partial charge in [-0.2, -0.15) is 0 Å². The zero-order valence-corrected chi connectivity index (χ0v) is 27.1. The summed E-state index contributed by atoms with van der Waals surface area (Å²) >= 11 is 0. The molecule has 0 aromatic rings. The molecule has 0 saturated carbocycles. The summed E-state index contributed by atoms with van der Waals surface area (Å²) in [5, 5.41) is 0. The van der Waals surface area contributed by atoms with Crippen molar-refractivity contribution in [1.29, 1.82) is 0 Å². The number of unbranched alkanes of at least 4 members (excludes halogenated alkanes) is 21. The minimum absolute atomic E-state index is 0.883. The molecule has 0 aliphatic heterocycles. The second-order valence-corrected chi connectivity index (χ2v) is 13.3. The van der Waals surface area contributed by atoms with Crippen LogP contribution in [0.1, 0.15) is 202 Å². The van der Waals surface area contributed by atoms with E-state index in [1.165, 1.54) is 187 Å². The Morgan fingerprint density at radius 3 is 0.838 bits per heavy atom. The Morgan fingerprint density at radius 1 is 0.324 bits per heavy atom. The largest absolute Gasteiger partial charge is 0.303 e. The van der Waals surface area contributed by atoms with Crippen molar-refractivity contribution in [2.75, 3.05) is 19.6 Å². The van der Waals surface area contributed by atoms with Gasteiger partial charge in [0.2, 0.25) is 0 Å². The van der Waals surface area contributed by atoms with Gasteiger partial charge in [-0.3, -0.25) is 0 Å². The Kier molecular flexibility index (Phi) is 30.5. The van der Waals surface area contributed by atoms with Crippen molar-refractivity contribution in [2.45, 2.75) is 202 Å². The maximum atomic E-state index is 2.84. The molecule has 0 saturated heterocycles. The maximum absolute atomic E-state index is 2.84. The fourth-order valence-electron chi connectivity index (χ4n) is 5.70. The summed E-state index contributed by atoms with van der Waals surface area (Å²) in [7, 11) is 0. The third kappa shape index (κ3) is 32.1. The first-order valence-corrected chi connectivity index (χ1v) is 17.8. The molecule has 0 unspecified atom stereocenters. The lowest BCUT2D eigenvalue weighted by molar-refractivity contribution is 0.254. The van der Waals surface area contributed by atoms with Crippen molar-refractivity contribution in [3.63, 3.8) is 0 Å². The van der Waals surface area contributed by atoms with Crippen LogP contribution in [-0.2, 0) is 0 Å². The van der Waals surface area contributed by atoms with Crippen molar-refractivity contribution in [1.82, 2.24) is 4.90 Å². The molecule has 0 heterocycles. The molecular formula is C36H75N. The van der Waals surface area contributed by atoms with Crippen molar-refractivity contribution >= 4 is 0 Å². The topological polar surface area (TPSA) is 3.24 Å². The van der Waals surface area contributed by atoms with Crippen molar-refractivity contribution in [3.05, 3.63) is 0 Å². The highest BCUT2D eigenvalue weighted by molar-refractivity contribution is 4.61. The van der Waals surface area contributed by atoms with E-state index in [0.29, 0.717) is 0 Å². The molecule has 0 spiro atoms. The Hall–Kier alpha value is -0.0400. The molecule has 0 atom stereocenters. The van der Waals surface area contributed by atoms with Crippen LogP contribution in [0.15, 0.2) is 0 Å². The van der Waals surface area contributed by atoms with Gasteiger partial charge in [0.25, 0.3) is 0 Å². The summed E-state index contributed by atoms with van der Waals surface area (Å²) in [5.74, 6) is 1.77. The van der Waals surface area contributed by atoms with E-state index in [1.807, 2.05) is 0 Å². The van der Waals surface area contributed by atoms with Crippen LogP contribution in [0.4, 0.5) is 0 Å². The zero-order valence-electron chi connectivity index (χ0n) is 27.1. The number of nitrogens with zero attached hydrogens (tertiary/aromatic N) is 1. The van der Waals surface area contributed by atoms with Gasteiger partial charge in [-0.1, -0.05) is 182 Å². The minimum atomic E-state index is 0.883. The highest BCUT2D eigenvalue weighted by Gasteiger charge is 2.05. The van der Waals surface area contributed by atoms with Crippen LogP contribution in [-0.4, -0.2) is 24.5 Å². The SMILES string of the molecule is CCCCCCCCCCCCCCN(CCCCCCCCC(C)C)CCCCCCCCC(C)C. The lowest BCUT2D eigenvalue weighted by Crippen LogP contribution is -2.27. The second-order valence-electron chi connectivity index (χ2n) is 13.3. The molecule has 224 valence electrons. The lowest BCUT2D eigenvalue weighted by atomic mass is 10.0. The van der Waals surface area contributed by atoms with Gasteiger partial charge in [-0.15, -0.1) is 0 Å². The standard InChI is InChI=1S/C36H75N/c1-6-7-8-9-10-11-12-13-14-17-22-27-32-37(33-28-23-18-15-20-25-30-35(2)3)34-29-24-19-16-21-26-31-36(4)5/h35-36H,6-34H2,1-5H3. The molecule has 0 aliphatic rings. The molecule has 0 aromatic carbocycles. The molecular weight excluding hydrogens is 446 g/mol. The molecule has 0 bridgehead atoms. The summed E-state index contributed by atoms with van der Waals surface area (Å²) in [4.78, 5) is 2.84. The van der Waals surface area contributed by atoms with E-state index in [0.717, 1.165) is 11.8 Å². The van der Waals surface area contributed by atoms with Crippen LogP contribution in [0.5, 0.6) is 0 Å². The van der Waals surface area contributed by atoms with E-state index in [1.54, 1.807) is 0 Å². The summed E-state index contributed by atoms with van der Waals surface area (Å²) < 4.78 is 0. The van der Waals surface area contributed by atoms with Crippen LogP contribution >= 0.6 is 0 Å². The highest BCUT2D eigenvalue weighted by atomic mass is 15.1. The van der Waals surface area contributed by atoms with E-state index in [2.05, 4.69) is 39.5 Å². The third-order valence-corrected chi connectivity index (χ3v) is 8.34. The lowest BCUT2D eigenvalue weighted by Gasteiger charge is -2.22. The summed E-state index contributed by atoms with van der Waals surface area (Å²) in [5.41, 5.74) is 0. The Bertz CT molecular complexity index is 377. The van der Waals surface area contributed by atoms with Gasteiger partial charge in [-0.25, -0.2) is 0 Å². The first kappa shape index (κ1) is 37.0. The quantitative estimate of drug-likeness (QED) is 0.0820. The highest BCUT2D eigenvalue weighted by Crippen LogP contribution is 2.15. The van der Waals surface area contributed by atoms with Gasteiger partial charge in [0.1, 0.15) is 0 Å². The molecule has 0 aliphatic carbocycles. The van der Waals surface area contributed by atoms with E-state index in [9.17, 15) is 0 Å². The third-order valence-electron chi connectivity index (χ3n) is 8.34. The van der Waals surface area contributed by atoms with Crippen LogP contribution in [0.3, 0.4) is 0 Å². The predicted molar refractivity (Wildman–Crippen MR) is 172 cm³/mol. The van der Waals surface area contributed by atoms with Gasteiger partial charge >= 0.3 is 0 Å². The summed E-state index contributed by atoms with van der Waals surface area (Å²) in [6, 6.07) is 0. The van der Waals surface area contributed by atoms with Crippen LogP contribution < -0.4 is 0 Å². The zero-order chi connectivity index (χ0) is 27.2. The van der Waals surface area contributed by atoms with Crippen molar-refractivity contribution in [3.8, 4) is 0 Å². The maximum Gasteiger partial charge on any atom is -0.00187 e. The Morgan fingerprint density at radius 2 is 0.568 bits per heavy atom. The number of hydrogen-bond acceptors (Lipinski definition) is 1. The molecule has 37 heavy (non-hydrogen) atoms. The summed E-state index contributed by atoms with van der Waals surface area (Å²) in [6.07, 6.45) is 37.7. The van der Waals surface area contributed by atoms with E-state index in [-0.39, 0.29) is 0 Å². The van der Waals surface area contributed by atoms with Crippen LogP contribution in [0, 0.1) is 11.8 Å². The number of rotatable bonds is 31. The molecule has 0 rings (SSSR count). The minimum Gasteiger partial charge on any atom is -0.303 e. The van der Waals surface area contributed by atoms with E-state index in [4.69, 9.17) is 0 Å². The first-order valence-electron chi connectivity index (χ1n) is 17.8.